The molecule has 5 nitrogen and oxygen atoms in total. The van der Waals surface area contributed by atoms with Crippen LogP contribution in [0.5, 0.6) is 17.2 Å². The van der Waals surface area contributed by atoms with Crippen molar-refractivity contribution >= 4 is 11.6 Å². The maximum Gasteiger partial charge on any atom is 0.167 e. The quantitative estimate of drug-likeness (QED) is 0.800. The predicted octanol–water partition coefficient (Wildman–Crippen LogP) is 2.46. The fourth-order valence-electron chi connectivity index (χ4n) is 2.10. The third-order valence-corrected chi connectivity index (χ3v) is 2.91. The van der Waals surface area contributed by atoms with Gasteiger partial charge in [0.1, 0.15) is 28.4 Å². The van der Waals surface area contributed by atoms with Gasteiger partial charge in [-0.3, -0.25) is 9.59 Å². The lowest BCUT2D eigenvalue weighted by Crippen LogP contribution is -2.08. The molecule has 1 aromatic rings. The maximum absolute atomic E-state index is 11.7. The highest BCUT2D eigenvalue weighted by Crippen LogP contribution is 2.43. The second-order valence-corrected chi connectivity index (χ2v) is 4.32. The lowest BCUT2D eigenvalue weighted by molar-refractivity contribution is 0.100. The minimum Gasteiger partial charge on any atom is -0.507 e. The lowest BCUT2D eigenvalue weighted by atomic mass is 9.94. The highest BCUT2D eigenvalue weighted by Gasteiger charge is 2.28. The van der Waals surface area contributed by atoms with Crippen molar-refractivity contribution in [2.45, 2.75) is 33.6 Å². The van der Waals surface area contributed by atoms with Gasteiger partial charge in [0.25, 0.3) is 0 Å². The molecule has 0 radical (unpaired) electrons. The molecular weight excluding hydrogens is 248 g/mol. The van der Waals surface area contributed by atoms with Gasteiger partial charge in [-0.1, -0.05) is 13.3 Å². The molecule has 0 heterocycles. The van der Waals surface area contributed by atoms with Gasteiger partial charge in [0, 0.05) is 5.56 Å². The van der Waals surface area contributed by atoms with Crippen LogP contribution < -0.4 is 4.74 Å². The van der Waals surface area contributed by atoms with Gasteiger partial charge in [-0.15, -0.1) is 0 Å². The number of hydrogen-bond donors (Lipinski definition) is 2. The van der Waals surface area contributed by atoms with E-state index in [1.165, 1.54) is 21.0 Å². The number of benzene rings is 1. The Bertz CT molecular complexity index is 490. The molecule has 0 amide bonds. The van der Waals surface area contributed by atoms with Crippen LogP contribution in [-0.4, -0.2) is 28.9 Å². The molecule has 0 saturated heterocycles. The normalized spacial score (nSPS) is 10.3. The maximum atomic E-state index is 11.7. The smallest absolute Gasteiger partial charge is 0.167 e. The molecule has 0 aliphatic heterocycles. The van der Waals surface area contributed by atoms with Crippen LogP contribution in [0.15, 0.2) is 0 Å². The van der Waals surface area contributed by atoms with Gasteiger partial charge >= 0.3 is 0 Å². The number of ether oxygens (including phenoxy) is 1. The van der Waals surface area contributed by atoms with Crippen molar-refractivity contribution in [1.82, 2.24) is 0 Å². The summed E-state index contributed by atoms with van der Waals surface area (Å²) in [5.74, 6) is -1.54. The Kier molecular flexibility index (Phi) is 4.53. The number of Topliss-reactive ketones (excluding diaryl/α,β-unsaturated/α-hetero) is 2. The lowest BCUT2D eigenvalue weighted by Gasteiger charge is -2.17. The average Bonchev–Trinajstić information content (AvgIpc) is 2.32. The van der Waals surface area contributed by atoms with E-state index in [2.05, 4.69) is 0 Å². The van der Waals surface area contributed by atoms with Crippen LogP contribution in [0.4, 0.5) is 0 Å². The van der Waals surface area contributed by atoms with E-state index in [4.69, 9.17) is 4.74 Å². The number of carbonyl (C=O) groups is 2. The second kappa shape index (κ2) is 5.73. The Morgan fingerprint density at radius 2 is 1.47 bits per heavy atom. The van der Waals surface area contributed by atoms with Crippen LogP contribution in [0.3, 0.4) is 0 Å². The Hall–Kier alpha value is -2.04. The fraction of sp³-hybridized carbons (Fsp3) is 0.429. The van der Waals surface area contributed by atoms with Gasteiger partial charge in [-0.2, -0.15) is 0 Å². The van der Waals surface area contributed by atoms with Crippen LogP contribution >= 0.6 is 0 Å². The predicted molar refractivity (Wildman–Crippen MR) is 70.3 cm³/mol. The largest absolute Gasteiger partial charge is 0.507 e. The van der Waals surface area contributed by atoms with Crippen LogP contribution in [0.25, 0.3) is 0 Å². The zero-order chi connectivity index (χ0) is 14.7. The zero-order valence-electron chi connectivity index (χ0n) is 11.5. The fourth-order valence-corrected chi connectivity index (χ4v) is 2.10. The summed E-state index contributed by atoms with van der Waals surface area (Å²) in [7, 11) is 1.28. The number of carbonyl (C=O) groups excluding carboxylic acids is 2. The van der Waals surface area contributed by atoms with Crippen molar-refractivity contribution in [3.63, 3.8) is 0 Å². The molecule has 0 aliphatic carbocycles. The van der Waals surface area contributed by atoms with Gasteiger partial charge in [-0.25, -0.2) is 0 Å². The first-order valence-electron chi connectivity index (χ1n) is 6.03. The van der Waals surface area contributed by atoms with Crippen molar-refractivity contribution in [2.75, 3.05) is 7.11 Å². The average molecular weight is 266 g/mol. The molecule has 0 unspecified atom stereocenters. The summed E-state index contributed by atoms with van der Waals surface area (Å²) in [4.78, 5) is 23.3. The number of ketones is 2. The summed E-state index contributed by atoms with van der Waals surface area (Å²) in [5.41, 5.74) is 0.0848. The van der Waals surface area contributed by atoms with Crippen LogP contribution in [0.2, 0.25) is 0 Å². The SMILES string of the molecule is CCCc1c(O)c(C(C)=O)c(OC)c(C(C)=O)c1O. The van der Waals surface area contributed by atoms with Crippen LogP contribution in [0.1, 0.15) is 53.5 Å². The van der Waals surface area contributed by atoms with E-state index in [-0.39, 0.29) is 33.9 Å². The van der Waals surface area contributed by atoms with Gasteiger partial charge < -0.3 is 14.9 Å². The van der Waals surface area contributed by atoms with E-state index in [0.29, 0.717) is 12.8 Å². The third-order valence-electron chi connectivity index (χ3n) is 2.91. The molecule has 19 heavy (non-hydrogen) atoms. The van der Waals surface area contributed by atoms with E-state index < -0.39 is 11.6 Å². The van der Waals surface area contributed by atoms with Gasteiger partial charge in [0.2, 0.25) is 0 Å². The third kappa shape index (κ3) is 2.54. The summed E-state index contributed by atoms with van der Waals surface area (Å²) in [6.45, 7) is 4.41. The molecule has 0 atom stereocenters. The van der Waals surface area contributed by atoms with Gasteiger partial charge in [0.05, 0.1) is 7.11 Å². The van der Waals surface area contributed by atoms with Gasteiger partial charge in [0.15, 0.2) is 11.6 Å². The highest BCUT2D eigenvalue weighted by molar-refractivity contribution is 6.08. The molecule has 1 rings (SSSR count). The first-order valence-corrected chi connectivity index (χ1v) is 6.03. The summed E-state index contributed by atoms with van der Waals surface area (Å²) in [6, 6.07) is 0. The minimum atomic E-state index is -0.422. The Balaban J connectivity index is 3.82. The molecule has 0 aliphatic rings. The molecule has 0 fully saturated rings. The van der Waals surface area contributed by atoms with Crippen LogP contribution in [0, 0.1) is 0 Å². The van der Waals surface area contributed by atoms with E-state index >= 15 is 0 Å². The molecule has 1 aromatic carbocycles. The molecular formula is C14H18O5. The van der Waals surface area contributed by atoms with E-state index in [0.717, 1.165) is 0 Å². The number of methoxy groups -OCH3 is 1. The van der Waals surface area contributed by atoms with Crippen molar-refractivity contribution < 1.29 is 24.5 Å². The van der Waals surface area contributed by atoms with E-state index in [1.54, 1.807) is 0 Å². The summed E-state index contributed by atoms with van der Waals surface area (Å²) in [5, 5.41) is 20.2. The standard InChI is InChI=1S/C14H18O5/c1-5-6-9-12(17)10(7(2)15)14(19-4)11(8(3)16)13(9)18/h17-18H,5-6H2,1-4H3. The van der Waals surface area contributed by atoms with Gasteiger partial charge in [-0.05, 0) is 20.3 Å². The monoisotopic (exact) mass is 266 g/mol. The first-order chi connectivity index (χ1) is 8.86. The minimum absolute atomic E-state index is 0.0612. The summed E-state index contributed by atoms with van der Waals surface area (Å²) >= 11 is 0. The van der Waals surface area contributed by atoms with Crippen molar-refractivity contribution in [1.29, 1.82) is 0 Å². The summed E-state index contributed by atoms with van der Waals surface area (Å²) in [6.07, 6.45) is 1.02. The number of phenols is 2. The Labute approximate surface area is 111 Å². The van der Waals surface area contributed by atoms with E-state index in [1.807, 2.05) is 6.92 Å². The second-order valence-electron chi connectivity index (χ2n) is 4.32. The number of hydrogen-bond acceptors (Lipinski definition) is 5. The molecule has 104 valence electrons. The summed E-state index contributed by atoms with van der Waals surface area (Å²) < 4.78 is 5.03. The Morgan fingerprint density at radius 3 is 1.74 bits per heavy atom. The first kappa shape index (κ1) is 15.0. The van der Waals surface area contributed by atoms with Crippen molar-refractivity contribution in [3.05, 3.63) is 16.7 Å². The molecule has 2 N–H and O–H groups in total. The highest BCUT2D eigenvalue weighted by atomic mass is 16.5. The number of phenolic OH excluding ortho intramolecular Hbond substituents is 2. The molecule has 0 aromatic heterocycles. The zero-order valence-corrected chi connectivity index (χ0v) is 11.5. The number of rotatable bonds is 5. The topological polar surface area (TPSA) is 83.8 Å². The number of aromatic hydroxyl groups is 2. The van der Waals surface area contributed by atoms with Crippen molar-refractivity contribution in [2.24, 2.45) is 0 Å². The Morgan fingerprint density at radius 1 is 1.05 bits per heavy atom. The molecule has 0 bridgehead atoms. The van der Waals surface area contributed by atoms with Crippen molar-refractivity contribution in [3.8, 4) is 17.2 Å². The molecule has 5 heteroatoms. The molecule has 0 spiro atoms. The molecule has 0 saturated carbocycles. The van der Waals surface area contributed by atoms with Crippen LogP contribution in [-0.2, 0) is 6.42 Å². The van der Waals surface area contributed by atoms with E-state index in [9.17, 15) is 19.8 Å².